The Bertz CT molecular complexity index is 738. The number of carbonyl (C=O) groups is 1. The van der Waals surface area contributed by atoms with E-state index in [2.05, 4.69) is 5.32 Å². The SMILES string of the molecule is CCCCN(C)S(=O)(=O)c1ccc(NC(=O)c2ccsc2)cc1. The van der Waals surface area contributed by atoms with Crippen molar-refractivity contribution in [1.29, 1.82) is 0 Å². The Kier molecular flexibility index (Phi) is 5.92. The molecule has 0 fully saturated rings. The standard InChI is InChI=1S/C16H20N2O3S2/c1-3-4-10-18(2)23(20,21)15-7-5-14(6-8-15)17-16(19)13-9-11-22-12-13/h5-9,11-12H,3-4,10H2,1-2H3,(H,17,19). The summed E-state index contributed by atoms with van der Waals surface area (Å²) in [7, 11) is -1.90. The molecule has 23 heavy (non-hydrogen) atoms. The average molecular weight is 352 g/mol. The molecule has 7 heteroatoms. The Morgan fingerprint density at radius 3 is 2.48 bits per heavy atom. The van der Waals surface area contributed by atoms with E-state index in [0.717, 1.165) is 12.8 Å². The molecule has 0 saturated heterocycles. The second kappa shape index (κ2) is 7.72. The van der Waals surface area contributed by atoms with Crippen LogP contribution in [0.4, 0.5) is 5.69 Å². The Balaban J connectivity index is 2.08. The van der Waals surface area contributed by atoms with E-state index in [1.165, 1.54) is 27.8 Å². The average Bonchev–Trinajstić information content (AvgIpc) is 3.07. The van der Waals surface area contributed by atoms with Gasteiger partial charge in [-0.25, -0.2) is 12.7 Å². The predicted octanol–water partition coefficient (Wildman–Crippen LogP) is 3.42. The van der Waals surface area contributed by atoms with Crippen LogP contribution in [-0.4, -0.2) is 32.2 Å². The van der Waals surface area contributed by atoms with Gasteiger partial charge in [-0.15, -0.1) is 0 Å². The summed E-state index contributed by atoms with van der Waals surface area (Å²) in [5, 5.41) is 6.34. The first-order valence-electron chi connectivity index (χ1n) is 7.35. The van der Waals surface area contributed by atoms with E-state index in [1.807, 2.05) is 12.3 Å². The van der Waals surface area contributed by atoms with Crippen molar-refractivity contribution < 1.29 is 13.2 Å². The fourth-order valence-electron chi connectivity index (χ4n) is 1.99. The molecule has 2 rings (SSSR count). The molecule has 1 aromatic carbocycles. The molecule has 2 aromatic rings. The number of sulfonamides is 1. The maximum Gasteiger partial charge on any atom is 0.256 e. The number of thiophene rings is 1. The molecule has 1 aromatic heterocycles. The topological polar surface area (TPSA) is 66.5 Å². The van der Waals surface area contributed by atoms with Gasteiger partial charge in [0.1, 0.15) is 0 Å². The Morgan fingerprint density at radius 1 is 1.22 bits per heavy atom. The van der Waals surface area contributed by atoms with Crippen LogP contribution in [-0.2, 0) is 10.0 Å². The summed E-state index contributed by atoms with van der Waals surface area (Å²) >= 11 is 1.45. The summed E-state index contributed by atoms with van der Waals surface area (Å²) in [6, 6.07) is 7.97. The van der Waals surface area contributed by atoms with Crippen LogP contribution in [0.5, 0.6) is 0 Å². The number of unbranched alkanes of at least 4 members (excludes halogenated alkanes) is 1. The number of nitrogens with one attached hydrogen (secondary N) is 1. The lowest BCUT2D eigenvalue weighted by atomic mass is 10.3. The number of anilines is 1. The van der Waals surface area contributed by atoms with E-state index in [0.29, 0.717) is 17.8 Å². The molecule has 0 unspecified atom stereocenters. The molecule has 1 amide bonds. The van der Waals surface area contributed by atoms with Gasteiger partial charge in [-0.05, 0) is 42.1 Å². The minimum atomic E-state index is -3.48. The van der Waals surface area contributed by atoms with Crippen molar-refractivity contribution in [3.8, 4) is 0 Å². The normalized spacial score (nSPS) is 11.6. The van der Waals surface area contributed by atoms with E-state index in [4.69, 9.17) is 0 Å². The lowest BCUT2D eigenvalue weighted by Gasteiger charge is -2.17. The molecular weight excluding hydrogens is 332 g/mol. The smallest absolute Gasteiger partial charge is 0.256 e. The fraction of sp³-hybridized carbons (Fsp3) is 0.312. The van der Waals surface area contributed by atoms with Crippen molar-refractivity contribution in [2.24, 2.45) is 0 Å². The third-order valence-electron chi connectivity index (χ3n) is 3.43. The van der Waals surface area contributed by atoms with Gasteiger partial charge in [-0.2, -0.15) is 11.3 Å². The van der Waals surface area contributed by atoms with Crippen LogP contribution in [0.15, 0.2) is 46.0 Å². The van der Waals surface area contributed by atoms with E-state index >= 15 is 0 Å². The quantitative estimate of drug-likeness (QED) is 0.830. The minimum Gasteiger partial charge on any atom is -0.322 e. The molecule has 0 radical (unpaired) electrons. The number of hydrogen-bond donors (Lipinski definition) is 1. The first-order chi connectivity index (χ1) is 10.9. The van der Waals surface area contributed by atoms with Crippen molar-refractivity contribution in [2.45, 2.75) is 24.7 Å². The van der Waals surface area contributed by atoms with Crippen molar-refractivity contribution in [3.63, 3.8) is 0 Å². The Labute approximate surface area is 141 Å². The predicted molar refractivity (Wildman–Crippen MR) is 93.4 cm³/mol. The first-order valence-corrected chi connectivity index (χ1v) is 9.73. The van der Waals surface area contributed by atoms with Gasteiger partial charge in [0.2, 0.25) is 10.0 Å². The second-order valence-electron chi connectivity index (χ2n) is 5.17. The molecule has 0 aliphatic heterocycles. The van der Waals surface area contributed by atoms with Gasteiger partial charge in [0.25, 0.3) is 5.91 Å². The van der Waals surface area contributed by atoms with Crippen molar-refractivity contribution in [3.05, 3.63) is 46.7 Å². The summed E-state index contributed by atoms with van der Waals surface area (Å²) in [4.78, 5) is 12.2. The molecule has 5 nitrogen and oxygen atoms in total. The second-order valence-corrected chi connectivity index (χ2v) is 8.00. The monoisotopic (exact) mass is 352 g/mol. The maximum absolute atomic E-state index is 12.4. The lowest BCUT2D eigenvalue weighted by molar-refractivity contribution is 0.102. The number of rotatable bonds is 7. The van der Waals surface area contributed by atoms with Crippen LogP contribution in [0.3, 0.4) is 0 Å². The maximum atomic E-state index is 12.4. The van der Waals surface area contributed by atoms with Crippen molar-refractivity contribution in [2.75, 3.05) is 18.9 Å². The zero-order valence-corrected chi connectivity index (χ0v) is 14.8. The number of amides is 1. The van der Waals surface area contributed by atoms with Gasteiger partial charge in [0.15, 0.2) is 0 Å². The van der Waals surface area contributed by atoms with E-state index in [1.54, 1.807) is 30.6 Å². The van der Waals surface area contributed by atoms with Gasteiger partial charge in [-0.3, -0.25) is 4.79 Å². The van der Waals surface area contributed by atoms with E-state index < -0.39 is 10.0 Å². The van der Waals surface area contributed by atoms with Crippen LogP contribution < -0.4 is 5.32 Å². The van der Waals surface area contributed by atoms with Crippen LogP contribution in [0.25, 0.3) is 0 Å². The third-order valence-corrected chi connectivity index (χ3v) is 5.98. The zero-order chi connectivity index (χ0) is 16.9. The van der Waals surface area contributed by atoms with Crippen LogP contribution in [0.1, 0.15) is 30.1 Å². The molecular formula is C16H20N2O3S2. The highest BCUT2D eigenvalue weighted by Gasteiger charge is 2.20. The molecule has 1 N–H and O–H groups in total. The molecule has 0 bridgehead atoms. The fourth-order valence-corrected chi connectivity index (χ4v) is 3.83. The van der Waals surface area contributed by atoms with Crippen molar-refractivity contribution in [1.82, 2.24) is 4.31 Å². The highest BCUT2D eigenvalue weighted by molar-refractivity contribution is 7.89. The third kappa shape index (κ3) is 4.40. The molecule has 0 aliphatic rings. The molecule has 0 saturated carbocycles. The van der Waals surface area contributed by atoms with Crippen LogP contribution in [0, 0.1) is 0 Å². The number of carbonyl (C=O) groups excluding carboxylic acids is 1. The number of hydrogen-bond acceptors (Lipinski definition) is 4. The Morgan fingerprint density at radius 2 is 1.91 bits per heavy atom. The first kappa shape index (κ1) is 17.7. The van der Waals surface area contributed by atoms with Gasteiger partial charge >= 0.3 is 0 Å². The summed E-state index contributed by atoms with van der Waals surface area (Å²) in [6.45, 7) is 2.51. The van der Waals surface area contributed by atoms with Gasteiger partial charge in [0, 0.05) is 24.7 Å². The van der Waals surface area contributed by atoms with Crippen LogP contribution >= 0.6 is 11.3 Å². The summed E-state index contributed by atoms with van der Waals surface area (Å²) < 4.78 is 26.2. The largest absolute Gasteiger partial charge is 0.322 e. The molecule has 124 valence electrons. The van der Waals surface area contributed by atoms with Gasteiger partial charge in [-0.1, -0.05) is 13.3 Å². The van der Waals surface area contributed by atoms with E-state index in [9.17, 15) is 13.2 Å². The Hall–Kier alpha value is -1.70. The summed E-state index contributed by atoms with van der Waals surface area (Å²) in [6.07, 6.45) is 1.76. The summed E-state index contributed by atoms with van der Waals surface area (Å²) in [5.41, 5.74) is 1.15. The highest BCUT2D eigenvalue weighted by Crippen LogP contribution is 2.18. The van der Waals surface area contributed by atoms with Gasteiger partial charge < -0.3 is 5.32 Å². The molecule has 0 atom stereocenters. The van der Waals surface area contributed by atoms with E-state index in [-0.39, 0.29) is 10.8 Å². The lowest BCUT2D eigenvalue weighted by Crippen LogP contribution is -2.27. The number of nitrogens with zero attached hydrogens (tertiary/aromatic N) is 1. The van der Waals surface area contributed by atoms with Crippen LogP contribution in [0.2, 0.25) is 0 Å². The minimum absolute atomic E-state index is 0.207. The number of benzene rings is 1. The highest BCUT2D eigenvalue weighted by atomic mass is 32.2. The van der Waals surface area contributed by atoms with Gasteiger partial charge in [0.05, 0.1) is 10.5 Å². The van der Waals surface area contributed by atoms with Crippen molar-refractivity contribution >= 4 is 33.0 Å². The summed E-state index contributed by atoms with van der Waals surface area (Å²) in [5.74, 6) is -0.207. The molecule has 0 spiro atoms. The molecule has 1 heterocycles. The zero-order valence-electron chi connectivity index (χ0n) is 13.2. The molecule has 0 aliphatic carbocycles.